The van der Waals surface area contributed by atoms with Crippen molar-refractivity contribution in [3.63, 3.8) is 0 Å². The lowest BCUT2D eigenvalue weighted by atomic mass is 10.1. The number of likely N-dealkylation sites (N-methyl/N-ethyl adjacent to an activating group) is 1. The summed E-state index contributed by atoms with van der Waals surface area (Å²) in [4.78, 5) is 35.0. The number of ketones is 1. The highest BCUT2D eigenvalue weighted by Gasteiger charge is 2.23. The van der Waals surface area contributed by atoms with Gasteiger partial charge in [0.2, 0.25) is 15.9 Å². The fourth-order valence-corrected chi connectivity index (χ4v) is 3.47. The molecule has 2 N–H and O–H groups in total. The average Bonchev–Trinajstić information content (AvgIpc) is 2.68. The van der Waals surface area contributed by atoms with E-state index in [1.165, 1.54) is 62.5 Å². The van der Waals surface area contributed by atoms with Crippen LogP contribution in [0.25, 0.3) is 0 Å². The van der Waals surface area contributed by atoms with Crippen molar-refractivity contribution in [3.8, 4) is 0 Å². The first-order valence-electron chi connectivity index (χ1n) is 8.49. The second-order valence-electron chi connectivity index (χ2n) is 6.24. The number of Topliss-reactive ketones (excluding diaryl/α,β-unsaturated/α-hetero) is 1. The van der Waals surface area contributed by atoms with Crippen molar-refractivity contribution in [1.29, 1.82) is 0 Å². The summed E-state index contributed by atoms with van der Waals surface area (Å²) >= 11 is 0. The molecule has 0 spiro atoms. The summed E-state index contributed by atoms with van der Waals surface area (Å²) in [5, 5.41) is 0. The van der Waals surface area contributed by atoms with E-state index < -0.39 is 34.2 Å². The summed E-state index contributed by atoms with van der Waals surface area (Å²) in [7, 11) is -2.74. The van der Waals surface area contributed by atoms with Crippen LogP contribution in [0.1, 0.15) is 22.8 Å². The number of benzene rings is 2. The monoisotopic (exact) mass is 421 g/mol. The van der Waals surface area contributed by atoms with Crippen LogP contribution in [0, 0.1) is 5.82 Å². The quantitative estimate of drug-likeness (QED) is 0.512. The molecule has 10 heteroatoms. The highest BCUT2D eigenvalue weighted by molar-refractivity contribution is 7.89. The number of hydrogen-bond donors (Lipinski definition) is 2. The molecule has 8 nitrogen and oxygen atoms in total. The van der Waals surface area contributed by atoms with Gasteiger partial charge in [0.15, 0.2) is 5.78 Å². The van der Waals surface area contributed by atoms with Gasteiger partial charge < -0.3 is 0 Å². The normalized spacial score (nSPS) is 11.2. The van der Waals surface area contributed by atoms with E-state index >= 15 is 0 Å². The molecule has 2 aromatic carbocycles. The third-order valence-electron chi connectivity index (χ3n) is 3.95. The molecule has 0 atom stereocenters. The molecule has 0 bridgehead atoms. The Morgan fingerprint density at radius 1 is 0.931 bits per heavy atom. The second kappa shape index (κ2) is 9.39. The first-order valence-corrected chi connectivity index (χ1v) is 9.93. The molecule has 0 aromatic heterocycles. The highest BCUT2D eigenvalue weighted by Crippen LogP contribution is 2.15. The van der Waals surface area contributed by atoms with Crippen LogP contribution in [0.15, 0.2) is 53.4 Å². The third kappa shape index (κ3) is 6.19. The van der Waals surface area contributed by atoms with Crippen LogP contribution < -0.4 is 10.9 Å². The zero-order valence-corrected chi connectivity index (χ0v) is 16.6. The molecular formula is C19H20FN3O5S. The second-order valence-corrected chi connectivity index (χ2v) is 8.29. The van der Waals surface area contributed by atoms with Gasteiger partial charge in [0, 0.05) is 12.6 Å². The Morgan fingerprint density at radius 3 is 2.03 bits per heavy atom. The maximum absolute atomic E-state index is 12.8. The number of sulfonamides is 1. The lowest BCUT2D eigenvalue weighted by Gasteiger charge is -2.17. The van der Waals surface area contributed by atoms with Gasteiger partial charge in [-0.1, -0.05) is 24.3 Å². The van der Waals surface area contributed by atoms with Gasteiger partial charge in [-0.2, -0.15) is 4.31 Å². The number of hydrogen-bond acceptors (Lipinski definition) is 5. The molecule has 0 aliphatic carbocycles. The Balaban J connectivity index is 1.89. The fourth-order valence-electron chi connectivity index (χ4n) is 2.34. The molecular weight excluding hydrogens is 401 g/mol. The largest absolute Gasteiger partial charge is 0.295 e. The molecule has 29 heavy (non-hydrogen) atoms. The molecule has 0 saturated heterocycles. The van der Waals surface area contributed by atoms with Crippen LogP contribution in [0.4, 0.5) is 4.39 Å². The number of carbonyl (C=O) groups is 3. The van der Waals surface area contributed by atoms with Gasteiger partial charge in [-0.05, 0) is 36.8 Å². The summed E-state index contributed by atoms with van der Waals surface area (Å²) in [6.07, 6.45) is -0.0861. The van der Waals surface area contributed by atoms with Crippen molar-refractivity contribution in [2.45, 2.75) is 18.2 Å². The van der Waals surface area contributed by atoms with E-state index in [0.29, 0.717) is 11.1 Å². The van der Waals surface area contributed by atoms with Gasteiger partial charge in [0.1, 0.15) is 5.82 Å². The molecule has 2 aromatic rings. The van der Waals surface area contributed by atoms with Gasteiger partial charge in [-0.25, -0.2) is 12.8 Å². The standard InChI is InChI=1S/C19H20FN3O5S/c1-13(24)15-5-9-17(10-6-15)29(27,28)23(2)12-19(26)22-21-18(25)11-14-3-7-16(20)8-4-14/h3-10H,11-12H2,1-2H3,(H,21,25)(H,22,26). The van der Waals surface area contributed by atoms with E-state index in [9.17, 15) is 27.2 Å². The van der Waals surface area contributed by atoms with Gasteiger partial charge in [-0.15, -0.1) is 0 Å². The van der Waals surface area contributed by atoms with E-state index in [-0.39, 0.29) is 17.1 Å². The molecule has 0 aliphatic heterocycles. The molecule has 2 rings (SSSR count). The fraction of sp³-hybridized carbons (Fsp3) is 0.211. The minimum atomic E-state index is -3.95. The predicted octanol–water partition coefficient (Wildman–Crippen LogP) is 1.04. The van der Waals surface area contributed by atoms with Gasteiger partial charge in [-0.3, -0.25) is 25.2 Å². The number of carbonyl (C=O) groups excluding carboxylic acids is 3. The Bertz CT molecular complexity index is 1010. The van der Waals surface area contributed by atoms with Gasteiger partial charge in [0.05, 0.1) is 17.9 Å². The van der Waals surface area contributed by atoms with E-state index in [2.05, 4.69) is 10.9 Å². The topological polar surface area (TPSA) is 113 Å². The molecule has 0 unspecified atom stereocenters. The summed E-state index contributed by atoms with van der Waals surface area (Å²) in [5.74, 6) is -1.92. The predicted molar refractivity (Wildman–Crippen MR) is 103 cm³/mol. The SMILES string of the molecule is CC(=O)c1ccc(S(=O)(=O)N(C)CC(=O)NNC(=O)Cc2ccc(F)cc2)cc1. The Hall–Kier alpha value is -3.11. The zero-order chi connectivity index (χ0) is 21.6. The lowest BCUT2D eigenvalue weighted by molar-refractivity contribution is -0.128. The molecule has 0 heterocycles. The smallest absolute Gasteiger partial charge is 0.253 e. The molecule has 0 fully saturated rings. The van der Waals surface area contributed by atoms with E-state index in [4.69, 9.17) is 0 Å². The molecule has 0 aliphatic rings. The number of halogens is 1. The minimum Gasteiger partial charge on any atom is -0.295 e. The number of hydrazine groups is 1. The van der Waals surface area contributed by atoms with Crippen LogP contribution in [-0.4, -0.2) is 43.9 Å². The Kier molecular flexibility index (Phi) is 7.18. The van der Waals surface area contributed by atoms with Crippen LogP contribution in [0.3, 0.4) is 0 Å². The van der Waals surface area contributed by atoms with Crippen molar-refractivity contribution in [2.75, 3.05) is 13.6 Å². The van der Waals surface area contributed by atoms with Crippen molar-refractivity contribution >= 4 is 27.6 Å². The van der Waals surface area contributed by atoms with Crippen LogP contribution >= 0.6 is 0 Å². The zero-order valence-electron chi connectivity index (χ0n) is 15.8. The summed E-state index contributed by atoms with van der Waals surface area (Å²) in [5.41, 5.74) is 5.22. The molecule has 0 radical (unpaired) electrons. The Labute approximate surface area is 167 Å². The van der Waals surface area contributed by atoms with Gasteiger partial charge >= 0.3 is 0 Å². The van der Waals surface area contributed by atoms with E-state index in [1.807, 2.05) is 0 Å². The van der Waals surface area contributed by atoms with Crippen molar-refractivity contribution in [3.05, 3.63) is 65.5 Å². The van der Waals surface area contributed by atoms with Gasteiger partial charge in [0.25, 0.3) is 5.91 Å². The van der Waals surface area contributed by atoms with Crippen LogP contribution in [-0.2, 0) is 26.0 Å². The molecule has 154 valence electrons. The van der Waals surface area contributed by atoms with Crippen molar-refractivity contribution < 1.29 is 27.2 Å². The summed E-state index contributed by atoms with van der Waals surface area (Å²) < 4.78 is 38.7. The maximum atomic E-state index is 12.8. The maximum Gasteiger partial charge on any atom is 0.253 e. The lowest BCUT2D eigenvalue weighted by Crippen LogP contribution is -2.47. The van der Waals surface area contributed by atoms with Crippen LogP contribution in [0.5, 0.6) is 0 Å². The Morgan fingerprint density at radius 2 is 1.48 bits per heavy atom. The molecule has 0 saturated carbocycles. The minimum absolute atomic E-state index is 0.0712. The van der Waals surface area contributed by atoms with E-state index in [1.54, 1.807) is 0 Å². The van der Waals surface area contributed by atoms with E-state index in [0.717, 1.165) is 4.31 Å². The van der Waals surface area contributed by atoms with Crippen LogP contribution in [0.2, 0.25) is 0 Å². The number of nitrogens with zero attached hydrogens (tertiary/aromatic N) is 1. The third-order valence-corrected chi connectivity index (χ3v) is 5.77. The summed E-state index contributed by atoms with van der Waals surface area (Å²) in [6, 6.07) is 10.6. The first-order chi connectivity index (χ1) is 13.6. The molecule has 2 amide bonds. The van der Waals surface area contributed by atoms with Crippen molar-refractivity contribution in [2.24, 2.45) is 0 Å². The number of amides is 2. The number of nitrogens with one attached hydrogen (secondary N) is 2. The highest BCUT2D eigenvalue weighted by atomic mass is 32.2. The number of rotatable bonds is 7. The average molecular weight is 421 g/mol. The summed E-state index contributed by atoms with van der Waals surface area (Å²) in [6.45, 7) is 0.831. The van der Waals surface area contributed by atoms with Crippen molar-refractivity contribution in [1.82, 2.24) is 15.2 Å². The first kappa shape index (κ1) is 22.2.